The predicted molar refractivity (Wildman–Crippen MR) is 84.0 cm³/mol. The SMILES string of the molecule is Cc1ccc(OCCCCNCc2ccc(F)cc2)cc1. The van der Waals surface area contributed by atoms with Crippen LogP contribution in [-0.2, 0) is 6.54 Å². The fraction of sp³-hybridized carbons (Fsp3) is 0.333. The third kappa shape index (κ3) is 5.96. The molecule has 2 aromatic carbocycles. The van der Waals surface area contributed by atoms with Crippen molar-refractivity contribution in [3.8, 4) is 5.75 Å². The molecule has 0 amide bonds. The van der Waals surface area contributed by atoms with Crippen molar-refractivity contribution in [2.75, 3.05) is 13.2 Å². The highest BCUT2D eigenvalue weighted by Crippen LogP contribution is 2.11. The maximum atomic E-state index is 12.7. The van der Waals surface area contributed by atoms with Crippen molar-refractivity contribution < 1.29 is 9.13 Å². The van der Waals surface area contributed by atoms with Crippen LogP contribution >= 0.6 is 0 Å². The molecule has 2 rings (SSSR count). The zero-order chi connectivity index (χ0) is 14.9. The van der Waals surface area contributed by atoms with Crippen LogP contribution in [0.15, 0.2) is 48.5 Å². The molecule has 0 heterocycles. The van der Waals surface area contributed by atoms with Crippen LogP contribution in [0.2, 0.25) is 0 Å². The molecular weight excluding hydrogens is 265 g/mol. The number of unbranched alkanes of at least 4 members (excludes halogenated alkanes) is 1. The molecule has 0 unspecified atom stereocenters. The monoisotopic (exact) mass is 287 g/mol. The average Bonchev–Trinajstić information content (AvgIpc) is 2.50. The number of nitrogens with one attached hydrogen (secondary N) is 1. The van der Waals surface area contributed by atoms with Gasteiger partial charge in [0.05, 0.1) is 6.61 Å². The molecule has 112 valence electrons. The van der Waals surface area contributed by atoms with Crippen LogP contribution in [0.5, 0.6) is 5.75 Å². The highest BCUT2D eigenvalue weighted by molar-refractivity contribution is 5.26. The lowest BCUT2D eigenvalue weighted by atomic mass is 10.2. The zero-order valence-corrected chi connectivity index (χ0v) is 12.4. The summed E-state index contributed by atoms with van der Waals surface area (Å²) in [6.45, 7) is 4.52. The summed E-state index contributed by atoms with van der Waals surface area (Å²) in [6, 6.07) is 14.7. The van der Waals surface area contributed by atoms with Crippen molar-refractivity contribution in [3.05, 3.63) is 65.5 Å². The molecule has 1 N–H and O–H groups in total. The van der Waals surface area contributed by atoms with E-state index in [1.54, 1.807) is 0 Å². The number of hydrogen-bond acceptors (Lipinski definition) is 2. The van der Waals surface area contributed by atoms with E-state index in [9.17, 15) is 4.39 Å². The number of ether oxygens (including phenoxy) is 1. The highest BCUT2D eigenvalue weighted by atomic mass is 19.1. The molecule has 0 aliphatic heterocycles. The van der Waals surface area contributed by atoms with Gasteiger partial charge in [-0.15, -0.1) is 0 Å². The van der Waals surface area contributed by atoms with Gasteiger partial charge in [-0.25, -0.2) is 4.39 Å². The van der Waals surface area contributed by atoms with Gasteiger partial charge in [0, 0.05) is 6.54 Å². The minimum absolute atomic E-state index is 0.188. The van der Waals surface area contributed by atoms with E-state index in [-0.39, 0.29) is 5.82 Å². The largest absolute Gasteiger partial charge is 0.494 e. The first-order chi connectivity index (χ1) is 10.2. The molecule has 0 saturated heterocycles. The van der Waals surface area contributed by atoms with Gasteiger partial charge in [-0.3, -0.25) is 0 Å². The minimum atomic E-state index is -0.188. The second-order valence-electron chi connectivity index (χ2n) is 5.17. The molecular formula is C18H22FNO. The van der Waals surface area contributed by atoms with Gasteiger partial charge in [0.25, 0.3) is 0 Å². The van der Waals surface area contributed by atoms with Crippen molar-refractivity contribution in [1.29, 1.82) is 0 Å². The van der Waals surface area contributed by atoms with Crippen molar-refractivity contribution in [3.63, 3.8) is 0 Å². The summed E-state index contributed by atoms with van der Waals surface area (Å²) in [7, 11) is 0. The Hall–Kier alpha value is -1.87. The molecule has 2 nitrogen and oxygen atoms in total. The number of benzene rings is 2. The standard InChI is InChI=1S/C18H22FNO/c1-15-4-10-18(11-5-15)21-13-3-2-12-20-14-16-6-8-17(19)9-7-16/h4-11,20H,2-3,12-14H2,1H3. The van der Waals surface area contributed by atoms with Gasteiger partial charge in [-0.05, 0) is 56.1 Å². The number of hydrogen-bond donors (Lipinski definition) is 1. The fourth-order valence-electron chi connectivity index (χ4n) is 2.01. The molecule has 0 radical (unpaired) electrons. The summed E-state index contributed by atoms with van der Waals surface area (Å²) in [5.74, 6) is 0.742. The lowest BCUT2D eigenvalue weighted by Gasteiger charge is -2.07. The Morgan fingerprint density at radius 1 is 0.952 bits per heavy atom. The molecule has 0 aromatic heterocycles. The first-order valence-electron chi connectivity index (χ1n) is 7.39. The molecule has 2 aromatic rings. The summed E-state index contributed by atoms with van der Waals surface area (Å²) in [4.78, 5) is 0. The fourth-order valence-corrected chi connectivity index (χ4v) is 2.01. The Kier molecular flexibility index (Phi) is 6.22. The Labute approximate surface area is 126 Å². The molecule has 3 heteroatoms. The van der Waals surface area contributed by atoms with Gasteiger partial charge in [0.2, 0.25) is 0 Å². The zero-order valence-electron chi connectivity index (χ0n) is 12.4. The summed E-state index contributed by atoms with van der Waals surface area (Å²) in [6.07, 6.45) is 2.08. The van der Waals surface area contributed by atoms with Crippen LogP contribution in [0.3, 0.4) is 0 Å². The van der Waals surface area contributed by atoms with E-state index < -0.39 is 0 Å². The molecule has 0 saturated carbocycles. The van der Waals surface area contributed by atoms with Crippen LogP contribution in [0.25, 0.3) is 0 Å². The van der Waals surface area contributed by atoms with E-state index in [1.807, 2.05) is 24.3 Å². The first kappa shape index (κ1) is 15.5. The maximum absolute atomic E-state index is 12.7. The van der Waals surface area contributed by atoms with E-state index in [2.05, 4.69) is 24.4 Å². The van der Waals surface area contributed by atoms with Gasteiger partial charge < -0.3 is 10.1 Å². The summed E-state index contributed by atoms with van der Waals surface area (Å²) < 4.78 is 18.4. The van der Waals surface area contributed by atoms with Gasteiger partial charge in [0.1, 0.15) is 11.6 Å². The molecule has 0 fully saturated rings. The average molecular weight is 287 g/mol. The van der Waals surface area contributed by atoms with E-state index in [0.717, 1.165) is 43.9 Å². The summed E-state index contributed by atoms with van der Waals surface area (Å²) >= 11 is 0. The van der Waals surface area contributed by atoms with E-state index in [1.165, 1.54) is 17.7 Å². The highest BCUT2D eigenvalue weighted by Gasteiger charge is 1.95. The van der Waals surface area contributed by atoms with Crippen molar-refractivity contribution in [2.45, 2.75) is 26.3 Å². The number of aryl methyl sites for hydroxylation is 1. The third-order valence-corrected chi connectivity index (χ3v) is 3.28. The van der Waals surface area contributed by atoms with Crippen LogP contribution in [0.4, 0.5) is 4.39 Å². The topological polar surface area (TPSA) is 21.3 Å². The lowest BCUT2D eigenvalue weighted by molar-refractivity contribution is 0.305. The van der Waals surface area contributed by atoms with E-state index in [0.29, 0.717) is 0 Å². The summed E-state index contributed by atoms with van der Waals surface area (Å²) in [5, 5.41) is 3.35. The Morgan fingerprint density at radius 2 is 1.67 bits per heavy atom. The van der Waals surface area contributed by atoms with Gasteiger partial charge in [0.15, 0.2) is 0 Å². The second-order valence-corrected chi connectivity index (χ2v) is 5.17. The van der Waals surface area contributed by atoms with Crippen molar-refractivity contribution >= 4 is 0 Å². The Balaban J connectivity index is 1.52. The quantitative estimate of drug-likeness (QED) is 0.739. The normalized spacial score (nSPS) is 10.6. The lowest BCUT2D eigenvalue weighted by Crippen LogP contribution is -2.15. The first-order valence-corrected chi connectivity index (χ1v) is 7.39. The second kappa shape index (κ2) is 8.42. The number of halogens is 1. The van der Waals surface area contributed by atoms with E-state index >= 15 is 0 Å². The maximum Gasteiger partial charge on any atom is 0.123 e. The minimum Gasteiger partial charge on any atom is -0.494 e. The van der Waals surface area contributed by atoms with Crippen LogP contribution in [0.1, 0.15) is 24.0 Å². The molecule has 0 aliphatic carbocycles. The summed E-state index contributed by atoms with van der Waals surface area (Å²) in [5.41, 5.74) is 2.35. The molecule has 0 spiro atoms. The van der Waals surface area contributed by atoms with Gasteiger partial charge in [-0.2, -0.15) is 0 Å². The van der Waals surface area contributed by atoms with Gasteiger partial charge >= 0.3 is 0 Å². The molecule has 0 atom stereocenters. The Morgan fingerprint density at radius 3 is 2.38 bits per heavy atom. The van der Waals surface area contributed by atoms with Crippen molar-refractivity contribution in [2.24, 2.45) is 0 Å². The van der Waals surface area contributed by atoms with Crippen LogP contribution in [0, 0.1) is 12.7 Å². The van der Waals surface area contributed by atoms with Crippen LogP contribution < -0.4 is 10.1 Å². The molecule has 0 aliphatic rings. The third-order valence-electron chi connectivity index (χ3n) is 3.28. The number of rotatable bonds is 8. The smallest absolute Gasteiger partial charge is 0.123 e. The van der Waals surface area contributed by atoms with Crippen molar-refractivity contribution in [1.82, 2.24) is 5.32 Å². The Bertz CT molecular complexity index is 472. The molecule has 21 heavy (non-hydrogen) atoms. The molecule has 0 bridgehead atoms. The van der Waals surface area contributed by atoms with E-state index in [4.69, 9.17) is 4.74 Å². The predicted octanol–water partition coefficient (Wildman–Crippen LogP) is 4.08. The van der Waals surface area contributed by atoms with Crippen LogP contribution in [-0.4, -0.2) is 13.2 Å². The van der Waals surface area contributed by atoms with Gasteiger partial charge in [-0.1, -0.05) is 29.8 Å².